The van der Waals surface area contributed by atoms with Crippen molar-refractivity contribution in [1.82, 2.24) is 4.31 Å². The zero-order valence-electron chi connectivity index (χ0n) is 13.5. The number of sulfonamides is 1. The van der Waals surface area contributed by atoms with Crippen molar-refractivity contribution in [3.05, 3.63) is 54.6 Å². The number of nitrogens with one attached hydrogen (secondary N) is 1. The summed E-state index contributed by atoms with van der Waals surface area (Å²) in [5, 5.41) is 11.1. The van der Waals surface area contributed by atoms with Gasteiger partial charge in [0.1, 0.15) is 11.8 Å². The molecule has 0 aliphatic carbocycles. The summed E-state index contributed by atoms with van der Waals surface area (Å²) in [6.45, 7) is -0.435. The maximum Gasteiger partial charge on any atom is 0.243 e. The standard InChI is InChI=1S/C17H17N3O4S/c1-20(25(22,23)16-8-3-2-4-9-16)13-17(21)19-14-6-5-7-15(12-14)24-11-10-18/h2-9,12H,11,13H2,1H3,(H,19,21). The van der Waals surface area contributed by atoms with Crippen LogP contribution in [0.4, 0.5) is 5.69 Å². The predicted octanol–water partition coefficient (Wildman–Crippen LogP) is 1.85. The zero-order chi connectivity index (χ0) is 18.3. The highest BCUT2D eigenvalue weighted by Gasteiger charge is 2.22. The van der Waals surface area contributed by atoms with Gasteiger partial charge in [-0.2, -0.15) is 9.57 Å². The number of hydrogen-bond acceptors (Lipinski definition) is 5. The van der Waals surface area contributed by atoms with Crippen molar-refractivity contribution in [1.29, 1.82) is 5.26 Å². The number of ether oxygens (including phenoxy) is 1. The Hall–Kier alpha value is -2.89. The molecule has 2 aromatic rings. The Balaban J connectivity index is 2.01. The molecule has 1 amide bonds. The molecule has 0 aromatic heterocycles. The van der Waals surface area contributed by atoms with Gasteiger partial charge in [-0.25, -0.2) is 8.42 Å². The lowest BCUT2D eigenvalue weighted by Gasteiger charge is -2.17. The molecule has 0 unspecified atom stereocenters. The van der Waals surface area contributed by atoms with Gasteiger partial charge >= 0.3 is 0 Å². The average molecular weight is 359 g/mol. The van der Waals surface area contributed by atoms with E-state index < -0.39 is 15.9 Å². The molecule has 2 aromatic carbocycles. The first-order valence-electron chi connectivity index (χ1n) is 7.34. The first kappa shape index (κ1) is 18.4. The van der Waals surface area contributed by atoms with Crippen LogP contribution in [0.25, 0.3) is 0 Å². The number of likely N-dealkylation sites (N-methyl/N-ethyl adjacent to an activating group) is 1. The predicted molar refractivity (Wildman–Crippen MR) is 92.4 cm³/mol. The molecule has 25 heavy (non-hydrogen) atoms. The van der Waals surface area contributed by atoms with Gasteiger partial charge in [0.05, 0.1) is 11.4 Å². The number of anilines is 1. The summed E-state index contributed by atoms with van der Waals surface area (Å²) < 4.78 is 30.9. The molecular formula is C17H17N3O4S. The van der Waals surface area contributed by atoms with E-state index in [1.54, 1.807) is 42.5 Å². The molecule has 8 heteroatoms. The van der Waals surface area contributed by atoms with Crippen LogP contribution in [-0.4, -0.2) is 38.8 Å². The molecule has 0 atom stereocenters. The number of carbonyl (C=O) groups is 1. The van der Waals surface area contributed by atoms with E-state index in [1.807, 2.05) is 6.07 Å². The van der Waals surface area contributed by atoms with E-state index >= 15 is 0 Å². The van der Waals surface area contributed by atoms with E-state index in [0.717, 1.165) is 4.31 Å². The molecule has 7 nitrogen and oxygen atoms in total. The topological polar surface area (TPSA) is 99.5 Å². The molecule has 0 bridgehead atoms. The van der Waals surface area contributed by atoms with Gasteiger partial charge in [0.15, 0.2) is 6.61 Å². The van der Waals surface area contributed by atoms with Crippen LogP contribution in [0, 0.1) is 11.3 Å². The third-order valence-corrected chi connectivity index (χ3v) is 5.06. The minimum Gasteiger partial charge on any atom is -0.479 e. The fourth-order valence-corrected chi connectivity index (χ4v) is 3.19. The molecule has 130 valence electrons. The van der Waals surface area contributed by atoms with E-state index in [2.05, 4.69) is 5.32 Å². The van der Waals surface area contributed by atoms with Crippen LogP contribution in [0.1, 0.15) is 0 Å². The third kappa shape index (κ3) is 5.04. The number of nitriles is 1. The minimum atomic E-state index is -3.73. The van der Waals surface area contributed by atoms with Gasteiger partial charge in [0.25, 0.3) is 0 Å². The van der Waals surface area contributed by atoms with Gasteiger partial charge in [-0.15, -0.1) is 0 Å². The Morgan fingerprint density at radius 1 is 1.20 bits per heavy atom. The van der Waals surface area contributed by atoms with E-state index in [0.29, 0.717) is 11.4 Å². The molecule has 0 saturated carbocycles. The summed E-state index contributed by atoms with van der Waals surface area (Å²) in [6.07, 6.45) is 0. The lowest BCUT2D eigenvalue weighted by atomic mass is 10.3. The molecule has 1 N–H and O–H groups in total. The van der Waals surface area contributed by atoms with Crippen molar-refractivity contribution in [2.75, 3.05) is 25.5 Å². The van der Waals surface area contributed by atoms with Crippen LogP contribution >= 0.6 is 0 Å². The van der Waals surface area contributed by atoms with Gasteiger partial charge in [0.2, 0.25) is 15.9 Å². The van der Waals surface area contributed by atoms with Crippen molar-refractivity contribution in [3.8, 4) is 11.8 Å². The highest BCUT2D eigenvalue weighted by Crippen LogP contribution is 2.18. The number of benzene rings is 2. The first-order chi connectivity index (χ1) is 11.9. The molecule has 0 aliphatic rings. The summed E-state index contributed by atoms with van der Waals surface area (Å²) >= 11 is 0. The summed E-state index contributed by atoms with van der Waals surface area (Å²) in [5.41, 5.74) is 0.450. The van der Waals surface area contributed by atoms with Crippen molar-refractivity contribution < 1.29 is 17.9 Å². The average Bonchev–Trinajstić information content (AvgIpc) is 2.60. The van der Waals surface area contributed by atoms with Gasteiger partial charge < -0.3 is 10.1 Å². The molecule has 0 spiro atoms. The summed E-state index contributed by atoms with van der Waals surface area (Å²) in [4.78, 5) is 12.2. The van der Waals surface area contributed by atoms with Crippen molar-refractivity contribution in [2.45, 2.75) is 4.90 Å². The molecule has 0 aliphatic heterocycles. The normalized spacial score (nSPS) is 10.9. The Labute approximate surface area is 146 Å². The second kappa shape index (κ2) is 8.28. The summed E-state index contributed by atoms with van der Waals surface area (Å²) in [5.74, 6) is -0.0518. The Morgan fingerprint density at radius 3 is 2.60 bits per heavy atom. The van der Waals surface area contributed by atoms with E-state index in [4.69, 9.17) is 10.00 Å². The van der Waals surface area contributed by atoms with Crippen LogP contribution in [0.2, 0.25) is 0 Å². The van der Waals surface area contributed by atoms with E-state index in [-0.39, 0.29) is 18.0 Å². The van der Waals surface area contributed by atoms with Crippen molar-refractivity contribution >= 4 is 21.6 Å². The van der Waals surface area contributed by atoms with E-state index in [1.165, 1.54) is 19.2 Å². The van der Waals surface area contributed by atoms with E-state index in [9.17, 15) is 13.2 Å². The second-order valence-electron chi connectivity index (χ2n) is 5.10. The lowest BCUT2D eigenvalue weighted by Crippen LogP contribution is -2.34. The molecule has 0 heterocycles. The van der Waals surface area contributed by atoms with Crippen molar-refractivity contribution in [3.63, 3.8) is 0 Å². The summed E-state index contributed by atoms with van der Waals surface area (Å²) in [6, 6.07) is 16.3. The fourth-order valence-electron chi connectivity index (χ4n) is 2.04. The molecule has 2 rings (SSSR count). The number of carbonyl (C=O) groups excluding carboxylic acids is 1. The van der Waals surface area contributed by atoms with Crippen molar-refractivity contribution in [2.24, 2.45) is 0 Å². The third-order valence-electron chi connectivity index (χ3n) is 3.24. The highest BCUT2D eigenvalue weighted by atomic mass is 32.2. The first-order valence-corrected chi connectivity index (χ1v) is 8.78. The van der Waals surface area contributed by atoms with Crippen LogP contribution in [0.3, 0.4) is 0 Å². The van der Waals surface area contributed by atoms with Crippen LogP contribution in [0.5, 0.6) is 5.75 Å². The van der Waals surface area contributed by atoms with Crippen LogP contribution < -0.4 is 10.1 Å². The maximum absolute atomic E-state index is 12.4. The monoisotopic (exact) mass is 359 g/mol. The Morgan fingerprint density at radius 2 is 1.92 bits per heavy atom. The van der Waals surface area contributed by atoms with Crippen LogP contribution in [-0.2, 0) is 14.8 Å². The summed E-state index contributed by atoms with van der Waals surface area (Å²) in [7, 11) is -2.39. The van der Waals surface area contributed by atoms with Gasteiger partial charge in [-0.3, -0.25) is 4.79 Å². The van der Waals surface area contributed by atoms with Gasteiger partial charge in [0, 0.05) is 18.8 Å². The van der Waals surface area contributed by atoms with Gasteiger partial charge in [-0.05, 0) is 24.3 Å². The SMILES string of the molecule is CN(CC(=O)Nc1cccc(OCC#N)c1)S(=O)(=O)c1ccccc1. The number of nitrogens with zero attached hydrogens (tertiary/aromatic N) is 2. The fraction of sp³-hybridized carbons (Fsp3) is 0.176. The van der Waals surface area contributed by atoms with Crippen LogP contribution in [0.15, 0.2) is 59.5 Å². The Kier molecular flexibility index (Phi) is 6.11. The minimum absolute atomic E-state index is 0.102. The Bertz CT molecular complexity index is 876. The second-order valence-corrected chi connectivity index (χ2v) is 7.14. The smallest absolute Gasteiger partial charge is 0.243 e. The molecule has 0 saturated heterocycles. The lowest BCUT2D eigenvalue weighted by molar-refractivity contribution is -0.116. The largest absolute Gasteiger partial charge is 0.479 e. The number of hydrogen-bond donors (Lipinski definition) is 1. The van der Waals surface area contributed by atoms with Gasteiger partial charge in [-0.1, -0.05) is 24.3 Å². The molecule has 0 radical (unpaired) electrons. The maximum atomic E-state index is 12.4. The molecule has 0 fully saturated rings. The number of rotatable bonds is 7. The zero-order valence-corrected chi connectivity index (χ0v) is 14.4. The molecular weight excluding hydrogens is 342 g/mol. The number of amides is 1. The highest BCUT2D eigenvalue weighted by molar-refractivity contribution is 7.89. The quantitative estimate of drug-likeness (QED) is 0.813.